The number of aliphatic hydroxyl groups excluding tert-OH is 1. The highest BCUT2D eigenvalue weighted by Gasteiger charge is 2.06. The van der Waals surface area contributed by atoms with E-state index in [1.165, 1.54) is 16.7 Å². The molecular weight excluding hydrogens is 196 g/mol. The Kier molecular flexibility index (Phi) is 3.37. The van der Waals surface area contributed by atoms with Gasteiger partial charge in [-0.15, -0.1) is 0 Å². The van der Waals surface area contributed by atoms with Crippen molar-refractivity contribution in [2.75, 3.05) is 0 Å². The highest BCUT2D eigenvalue weighted by molar-refractivity contribution is 5.67. The van der Waals surface area contributed by atoms with Crippen molar-refractivity contribution in [3.63, 3.8) is 0 Å². The first-order chi connectivity index (χ1) is 7.77. The van der Waals surface area contributed by atoms with Crippen molar-refractivity contribution in [2.24, 2.45) is 0 Å². The van der Waals surface area contributed by atoms with Crippen molar-refractivity contribution in [1.29, 1.82) is 0 Å². The molecule has 0 aromatic heterocycles. The largest absolute Gasteiger partial charge is 0.393 e. The Morgan fingerprint density at radius 2 is 1.56 bits per heavy atom. The zero-order valence-electron chi connectivity index (χ0n) is 9.43. The summed E-state index contributed by atoms with van der Waals surface area (Å²) in [6.45, 7) is 1.82. The molecule has 0 heterocycles. The number of hydrogen-bond acceptors (Lipinski definition) is 1. The molecule has 82 valence electrons. The van der Waals surface area contributed by atoms with Crippen LogP contribution in [0, 0.1) is 0 Å². The monoisotopic (exact) mass is 212 g/mol. The Labute approximate surface area is 96.4 Å². The molecular formula is C15H16O. The van der Waals surface area contributed by atoms with Gasteiger partial charge in [-0.1, -0.05) is 54.6 Å². The van der Waals surface area contributed by atoms with Crippen LogP contribution in [-0.2, 0) is 6.42 Å². The van der Waals surface area contributed by atoms with Gasteiger partial charge in [0, 0.05) is 0 Å². The lowest BCUT2D eigenvalue weighted by molar-refractivity contribution is 0.195. The molecule has 1 N–H and O–H groups in total. The molecule has 0 bridgehead atoms. The Balaban J connectivity index is 2.41. The van der Waals surface area contributed by atoms with Crippen LogP contribution in [0.3, 0.4) is 0 Å². The lowest BCUT2D eigenvalue weighted by Gasteiger charge is -2.11. The summed E-state index contributed by atoms with van der Waals surface area (Å²) in [6.07, 6.45) is 0.398. The van der Waals surface area contributed by atoms with Crippen molar-refractivity contribution in [1.82, 2.24) is 0 Å². The van der Waals surface area contributed by atoms with Crippen LogP contribution in [0.15, 0.2) is 54.6 Å². The summed E-state index contributed by atoms with van der Waals surface area (Å²) in [5.41, 5.74) is 3.62. The van der Waals surface area contributed by atoms with Crippen molar-refractivity contribution in [3.05, 3.63) is 60.2 Å². The molecule has 0 radical (unpaired) electrons. The highest BCUT2D eigenvalue weighted by atomic mass is 16.3. The Bertz CT molecular complexity index is 446. The van der Waals surface area contributed by atoms with Gasteiger partial charge in [0.05, 0.1) is 6.10 Å². The van der Waals surface area contributed by atoms with Crippen molar-refractivity contribution < 1.29 is 5.11 Å². The third kappa shape index (κ3) is 2.50. The average Bonchev–Trinajstić information content (AvgIpc) is 2.30. The molecule has 1 heteroatoms. The molecule has 0 aliphatic rings. The minimum atomic E-state index is -0.301. The SMILES string of the molecule is CC(O)Cc1ccccc1-c1ccccc1. The summed E-state index contributed by atoms with van der Waals surface area (Å²) in [4.78, 5) is 0. The summed E-state index contributed by atoms with van der Waals surface area (Å²) >= 11 is 0. The van der Waals surface area contributed by atoms with Gasteiger partial charge < -0.3 is 5.11 Å². The normalized spacial score (nSPS) is 12.4. The summed E-state index contributed by atoms with van der Waals surface area (Å²) in [6, 6.07) is 18.5. The van der Waals surface area contributed by atoms with Crippen LogP contribution < -0.4 is 0 Å². The van der Waals surface area contributed by atoms with Crippen LogP contribution in [0.1, 0.15) is 12.5 Å². The first-order valence-corrected chi connectivity index (χ1v) is 5.59. The molecule has 2 aromatic carbocycles. The van der Waals surface area contributed by atoms with E-state index in [4.69, 9.17) is 0 Å². The van der Waals surface area contributed by atoms with E-state index in [9.17, 15) is 5.11 Å². The van der Waals surface area contributed by atoms with Crippen molar-refractivity contribution in [3.8, 4) is 11.1 Å². The number of rotatable bonds is 3. The quantitative estimate of drug-likeness (QED) is 0.827. The topological polar surface area (TPSA) is 20.2 Å². The zero-order chi connectivity index (χ0) is 11.4. The Hall–Kier alpha value is -1.60. The highest BCUT2D eigenvalue weighted by Crippen LogP contribution is 2.24. The Morgan fingerprint density at radius 3 is 2.25 bits per heavy atom. The molecule has 0 fully saturated rings. The van der Waals surface area contributed by atoms with E-state index in [0.29, 0.717) is 6.42 Å². The molecule has 0 saturated carbocycles. The van der Waals surface area contributed by atoms with Crippen LogP contribution in [0.4, 0.5) is 0 Å². The standard InChI is InChI=1S/C15H16O/c1-12(16)11-14-9-5-6-10-15(14)13-7-3-2-4-8-13/h2-10,12,16H,11H2,1H3. The van der Waals surface area contributed by atoms with E-state index in [2.05, 4.69) is 24.3 Å². The van der Waals surface area contributed by atoms with E-state index < -0.39 is 0 Å². The van der Waals surface area contributed by atoms with Gasteiger partial charge in [-0.3, -0.25) is 0 Å². The third-order valence-corrected chi connectivity index (χ3v) is 2.62. The van der Waals surface area contributed by atoms with Gasteiger partial charge in [0.25, 0.3) is 0 Å². The predicted molar refractivity (Wildman–Crippen MR) is 67.3 cm³/mol. The molecule has 0 saturated heterocycles. The van der Waals surface area contributed by atoms with E-state index in [0.717, 1.165) is 0 Å². The van der Waals surface area contributed by atoms with E-state index in [1.54, 1.807) is 0 Å². The summed E-state index contributed by atoms with van der Waals surface area (Å²) in [5.74, 6) is 0. The zero-order valence-corrected chi connectivity index (χ0v) is 9.43. The van der Waals surface area contributed by atoms with Crippen LogP contribution in [-0.4, -0.2) is 11.2 Å². The van der Waals surface area contributed by atoms with Gasteiger partial charge in [-0.05, 0) is 30.0 Å². The number of hydrogen-bond donors (Lipinski definition) is 1. The number of aliphatic hydroxyl groups is 1. The minimum Gasteiger partial charge on any atom is -0.393 e. The summed E-state index contributed by atoms with van der Waals surface area (Å²) in [5, 5.41) is 9.48. The second kappa shape index (κ2) is 4.95. The number of benzene rings is 2. The molecule has 2 aromatic rings. The lowest BCUT2D eigenvalue weighted by atomic mass is 9.96. The average molecular weight is 212 g/mol. The van der Waals surface area contributed by atoms with Crippen LogP contribution in [0.25, 0.3) is 11.1 Å². The van der Waals surface area contributed by atoms with Gasteiger partial charge in [0.1, 0.15) is 0 Å². The third-order valence-electron chi connectivity index (χ3n) is 2.62. The second-order valence-electron chi connectivity index (χ2n) is 4.08. The maximum atomic E-state index is 9.48. The second-order valence-corrected chi connectivity index (χ2v) is 4.08. The molecule has 0 spiro atoms. The first kappa shape index (κ1) is 10.9. The molecule has 0 aliphatic heterocycles. The molecule has 1 atom stereocenters. The molecule has 1 unspecified atom stereocenters. The van der Waals surface area contributed by atoms with Gasteiger partial charge in [0.15, 0.2) is 0 Å². The summed E-state index contributed by atoms with van der Waals surface area (Å²) in [7, 11) is 0. The fraction of sp³-hybridized carbons (Fsp3) is 0.200. The van der Waals surface area contributed by atoms with Crippen molar-refractivity contribution >= 4 is 0 Å². The summed E-state index contributed by atoms with van der Waals surface area (Å²) < 4.78 is 0. The van der Waals surface area contributed by atoms with Crippen LogP contribution in [0.5, 0.6) is 0 Å². The lowest BCUT2D eigenvalue weighted by Crippen LogP contribution is -2.05. The van der Waals surface area contributed by atoms with E-state index >= 15 is 0 Å². The van der Waals surface area contributed by atoms with Gasteiger partial charge in [-0.2, -0.15) is 0 Å². The van der Waals surface area contributed by atoms with Crippen LogP contribution in [0.2, 0.25) is 0 Å². The maximum absolute atomic E-state index is 9.48. The van der Waals surface area contributed by atoms with E-state index in [-0.39, 0.29) is 6.10 Å². The molecule has 1 nitrogen and oxygen atoms in total. The van der Waals surface area contributed by atoms with E-state index in [1.807, 2.05) is 37.3 Å². The molecule has 0 amide bonds. The first-order valence-electron chi connectivity index (χ1n) is 5.59. The fourth-order valence-corrected chi connectivity index (χ4v) is 1.92. The van der Waals surface area contributed by atoms with Gasteiger partial charge >= 0.3 is 0 Å². The molecule has 0 aliphatic carbocycles. The predicted octanol–water partition coefficient (Wildman–Crippen LogP) is 3.28. The van der Waals surface area contributed by atoms with Gasteiger partial charge in [0.2, 0.25) is 0 Å². The van der Waals surface area contributed by atoms with Gasteiger partial charge in [-0.25, -0.2) is 0 Å². The fourth-order valence-electron chi connectivity index (χ4n) is 1.92. The Morgan fingerprint density at radius 1 is 0.938 bits per heavy atom. The maximum Gasteiger partial charge on any atom is 0.0552 e. The van der Waals surface area contributed by atoms with Crippen molar-refractivity contribution in [2.45, 2.75) is 19.4 Å². The molecule has 2 rings (SSSR count). The minimum absolute atomic E-state index is 0.301. The van der Waals surface area contributed by atoms with Crippen LogP contribution >= 0.6 is 0 Å². The smallest absolute Gasteiger partial charge is 0.0552 e. The molecule has 16 heavy (non-hydrogen) atoms.